The summed E-state index contributed by atoms with van der Waals surface area (Å²) in [6.07, 6.45) is 0.775. The van der Waals surface area contributed by atoms with Gasteiger partial charge in [-0.05, 0) is 34.9 Å². The molecule has 0 aliphatic rings. The molecule has 2 amide bonds. The minimum absolute atomic E-state index is 0.180. The molecule has 118 valence electrons. The Kier molecular flexibility index (Phi) is 4.88. The first-order valence-electron chi connectivity index (χ1n) is 7.44. The number of amides is 2. The Balaban J connectivity index is 1.47. The van der Waals surface area contributed by atoms with Gasteiger partial charge in [0.2, 0.25) is 0 Å². The second kappa shape index (κ2) is 7.24. The molecule has 0 aliphatic heterocycles. The SMILES string of the molecule is O=C(NCCc1csc2ccccc12)NCc1ccccc1F. The van der Waals surface area contributed by atoms with E-state index >= 15 is 0 Å². The molecule has 0 spiro atoms. The molecular formula is C18H17FN2OS. The van der Waals surface area contributed by atoms with Crippen molar-refractivity contribution in [1.82, 2.24) is 10.6 Å². The van der Waals surface area contributed by atoms with E-state index in [9.17, 15) is 9.18 Å². The third kappa shape index (κ3) is 3.87. The van der Waals surface area contributed by atoms with Crippen molar-refractivity contribution in [1.29, 1.82) is 0 Å². The van der Waals surface area contributed by atoms with E-state index in [-0.39, 0.29) is 18.4 Å². The van der Waals surface area contributed by atoms with Crippen molar-refractivity contribution >= 4 is 27.5 Å². The number of hydrogen-bond acceptors (Lipinski definition) is 2. The van der Waals surface area contributed by atoms with Crippen molar-refractivity contribution in [3.8, 4) is 0 Å². The van der Waals surface area contributed by atoms with E-state index < -0.39 is 0 Å². The van der Waals surface area contributed by atoms with Crippen LogP contribution in [0.15, 0.2) is 53.9 Å². The largest absolute Gasteiger partial charge is 0.338 e. The van der Waals surface area contributed by atoms with Crippen LogP contribution in [0, 0.1) is 5.82 Å². The zero-order valence-electron chi connectivity index (χ0n) is 12.5. The quantitative estimate of drug-likeness (QED) is 0.728. The molecule has 1 heterocycles. The lowest BCUT2D eigenvalue weighted by Gasteiger charge is -2.08. The lowest BCUT2D eigenvalue weighted by Crippen LogP contribution is -2.36. The van der Waals surface area contributed by atoms with Crippen LogP contribution in [0.5, 0.6) is 0 Å². The zero-order chi connectivity index (χ0) is 16.1. The van der Waals surface area contributed by atoms with E-state index in [0.29, 0.717) is 12.1 Å². The Morgan fingerprint density at radius 3 is 2.65 bits per heavy atom. The second-order valence-corrected chi connectivity index (χ2v) is 6.12. The number of fused-ring (bicyclic) bond motifs is 1. The van der Waals surface area contributed by atoms with Gasteiger partial charge in [0.25, 0.3) is 0 Å². The van der Waals surface area contributed by atoms with Gasteiger partial charge in [0, 0.05) is 23.4 Å². The second-order valence-electron chi connectivity index (χ2n) is 5.21. The van der Waals surface area contributed by atoms with E-state index in [1.54, 1.807) is 29.5 Å². The van der Waals surface area contributed by atoms with Gasteiger partial charge in [-0.1, -0.05) is 36.4 Å². The minimum Gasteiger partial charge on any atom is -0.338 e. The van der Waals surface area contributed by atoms with Crippen molar-refractivity contribution in [2.45, 2.75) is 13.0 Å². The molecule has 0 atom stereocenters. The Bertz CT molecular complexity index is 815. The van der Waals surface area contributed by atoms with E-state index in [2.05, 4.69) is 28.1 Å². The fourth-order valence-corrected chi connectivity index (χ4v) is 3.41. The van der Waals surface area contributed by atoms with Crippen LogP contribution in [0.1, 0.15) is 11.1 Å². The summed E-state index contributed by atoms with van der Waals surface area (Å²) < 4.78 is 14.7. The third-order valence-electron chi connectivity index (χ3n) is 3.64. The predicted octanol–water partition coefficient (Wildman–Crippen LogP) is 4.08. The average molecular weight is 328 g/mol. The number of rotatable bonds is 5. The van der Waals surface area contributed by atoms with Crippen molar-refractivity contribution in [3.63, 3.8) is 0 Å². The molecule has 2 N–H and O–H groups in total. The van der Waals surface area contributed by atoms with Crippen molar-refractivity contribution in [3.05, 3.63) is 70.9 Å². The smallest absolute Gasteiger partial charge is 0.315 e. The Hall–Kier alpha value is -2.40. The minimum atomic E-state index is -0.308. The first-order chi connectivity index (χ1) is 11.2. The van der Waals surface area contributed by atoms with Gasteiger partial charge in [-0.15, -0.1) is 11.3 Å². The van der Waals surface area contributed by atoms with E-state index in [4.69, 9.17) is 0 Å². The van der Waals surface area contributed by atoms with Gasteiger partial charge in [-0.2, -0.15) is 0 Å². The van der Waals surface area contributed by atoms with Gasteiger partial charge in [0.1, 0.15) is 5.82 Å². The van der Waals surface area contributed by atoms with Crippen molar-refractivity contribution in [2.75, 3.05) is 6.54 Å². The maximum Gasteiger partial charge on any atom is 0.315 e. The summed E-state index contributed by atoms with van der Waals surface area (Å²) in [6, 6.07) is 14.4. The van der Waals surface area contributed by atoms with Gasteiger partial charge in [-0.25, -0.2) is 9.18 Å². The fourth-order valence-electron chi connectivity index (χ4n) is 2.42. The molecule has 0 saturated carbocycles. The molecule has 0 radical (unpaired) electrons. The standard InChI is InChI=1S/C18H17FN2OS/c19-16-7-3-1-5-13(16)11-21-18(22)20-10-9-14-12-23-17-8-4-2-6-15(14)17/h1-8,12H,9-11H2,(H2,20,21,22). The van der Waals surface area contributed by atoms with Crippen LogP contribution < -0.4 is 10.6 Å². The van der Waals surface area contributed by atoms with Crippen LogP contribution in [0.3, 0.4) is 0 Å². The van der Waals surface area contributed by atoms with E-state index in [1.807, 2.05) is 12.1 Å². The Labute approximate surface area is 138 Å². The average Bonchev–Trinajstić information content (AvgIpc) is 2.98. The number of thiophene rings is 1. The third-order valence-corrected chi connectivity index (χ3v) is 4.65. The highest BCUT2D eigenvalue weighted by Gasteiger charge is 2.06. The number of carbonyl (C=O) groups excluding carboxylic acids is 1. The Morgan fingerprint density at radius 1 is 1.00 bits per heavy atom. The van der Waals surface area contributed by atoms with Gasteiger partial charge in [0.05, 0.1) is 0 Å². The van der Waals surface area contributed by atoms with E-state index in [0.717, 1.165) is 6.42 Å². The highest BCUT2D eigenvalue weighted by molar-refractivity contribution is 7.17. The molecule has 0 saturated heterocycles. The molecule has 3 aromatic rings. The highest BCUT2D eigenvalue weighted by atomic mass is 32.1. The molecule has 0 unspecified atom stereocenters. The fraction of sp³-hybridized carbons (Fsp3) is 0.167. The molecule has 23 heavy (non-hydrogen) atoms. The number of carbonyl (C=O) groups is 1. The number of nitrogens with one attached hydrogen (secondary N) is 2. The molecule has 0 aliphatic carbocycles. The number of urea groups is 1. The summed E-state index contributed by atoms with van der Waals surface area (Å²) in [4.78, 5) is 11.8. The predicted molar refractivity (Wildman–Crippen MR) is 92.2 cm³/mol. The maximum atomic E-state index is 13.5. The summed E-state index contributed by atoms with van der Waals surface area (Å²) in [5.74, 6) is -0.308. The molecule has 2 aromatic carbocycles. The summed E-state index contributed by atoms with van der Waals surface area (Å²) in [7, 11) is 0. The molecule has 5 heteroatoms. The summed E-state index contributed by atoms with van der Waals surface area (Å²) in [5, 5.41) is 8.85. The van der Waals surface area contributed by atoms with Crippen molar-refractivity contribution in [2.24, 2.45) is 0 Å². The van der Waals surface area contributed by atoms with Crippen LogP contribution in [-0.2, 0) is 13.0 Å². The van der Waals surface area contributed by atoms with Crippen LogP contribution in [0.4, 0.5) is 9.18 Å². The maximum absolute atomic E-state index is 13.5. The lowest BCUT2D eigenvalue weighted by atomic mass is 10.1. The van der Waals surface area contributed by atoms with Crippen LogP contribution >= 0.6 is 11.3 Å². The van der Waals surface area contributed by atoms with Crippen molar-refractivity contribution < 1.29 is 9.18 Å². The highest BCUT2D eigenvalue weighted by Crippen LogP contribution is 2.25. The number of benzene rings is 2. The van der Waals surface area contributed by atoms with E-state index in [1.165, 1.54) is 21.7 Å². The molecule has 3 nitrogen and oxygen atoms in total. The molecule has 3 rings (SSSR count). The van der Waals surface area contributed by atoms with Crippen LogP contribution in [0.25, 0.3) is 10.1 Å². The number of halogens is 1. The lowest BCUT2D eigenvalue weighted by molar-refractivity contribution is 0.240. The first-order valence-corrected chi connectivity index (χ1v) is 8.32. The Morgan fingerprint density at radius 2 is 1.78 bits per heavy atom. The van der Waals surface area contributed by atoms with Gasteiger partial charge in [0.15, 0.2) is 0 Å². The summed E-state index contributed by atoms with van der Waals surface area (Å²) in [6.45, 7) is 0.726. The molecular weight excluding hydrogens is 311 g/mol. The van der Waals surface area contributed by atoms with Crippen LogP contribution in [0.2, 0.25) is 0 Å². The van der Waals surface area contributed by atoms with Gasteiger partial charge >= 0.3 is 6.03 Å². The molecule has 1 aromatic heterocycles. The number of hydrogen-bond donors (Lipinski definition) is 2. The first kappa shape index (κ1) is 15.5. The van der Waals surface area contributed by atoms with Crippen LogP contribution in [-0.4, -0.2) is 12.6 Å². The zero-order valence-corrected chi connectivity index (χ0v) is 13.3. The van der Waals surface area contributed by atoms with Gasteiger partial charge < -0.3 is 10.6 Å². The molecule has 0 bridgehead atoms. The van der Waals surface area contributed by atoms with Gasteiger partial charge in [-0.3, -0.25) is 0 Å². The topological polar surface area (TPSA) is 41.1 Å². The molecule has 0 fully saturated rings. The monoisotopic (exact) mass is 328 g/mol. The summed E-state index contributed by atoms with van der Waals surface area (Å²) in [5.41, 5.74) is 1.71. The normalized spacial score (nSPS) is 10.7. The summed E-state index contributed by atoms with van der Waals surface area (Å²) >= 11 is 1.71.